The lowest BCUT2D eigenvalue weighted by molar-refractivity contribution is 0.0377. The molecule has 1 spiro atoms. The lowest BCUT2D eigenvalue weighted by Gasteiger charge is -2.42. The molecule has 2 aromatic heterocycles. The van der Waals surface area contributed by atoms with E-state index in [-0.39, 0.29) is 16.6 Å². The molecule has 2 aliphatic rings. The number of nitrogens with one attached hydrogen (secondary N) is 1. The number of benzene rings is 1. The van der Waals surface area contributed by atoms with E-state index in [1.807, 2.05) is 39.0 Å². The highest BCUT2D eigenvalue weighted by Crippen LogP contribution is 2.49. The maximum atomic E-state index is 13.0. The summed E-state index contributed by atoms with van der Waals surface area (Å²) in [5.74, 6) is 1.69. The first-order valence-electron chi connectivity index (χ1n) is 11.6. The van der Waals surface area contributed by atoms with Crippen LogP contribution < -0.4 is 20.1 Å². The number of hydrogen-bond acceptors (Lipinski definition) is 10. The van der Waals surface area contributed by atoms with Gasteiger partial charge < -0.3 is 19.9 Å². The van der Waals surface area contributed by atoms with Crippen LogP contribution >= 0.6 is 23.4 Å². The molecule has 2 atom stereocenters. The first-order valence-corrected chi connectivity index (χ1v) is 14.0. The SMILES string of the molecule is CC(C)(C)[S@@+]([O-])N[C@@H]1c2ccccc2OC12CCN(c1ncc(Sc3ccnc(N)c3Cl)nn1)CC2. The zero-order valence-corrected chi connectivity index (χ0v) is 22.7. The largest absolute Gasteiger partial charge is 0.598 e. The zero-order chi connectivity index (χ0) is 25.5. The monoisotopic (exact) mass is 545 g/mol. The molecule has 1 saturated heterocycles. The van der Waals surface area contributed by atoms with E-state index in [4.69, 9.17) is 22.1 Å². The summed E-state index contributed by atoms with van der Waals surface area (Å²) in [6.45, 7) is 7.29. The molecule has 0 bridgehead atoms. The summed E-state index contributed by atoms with van der Waals surface area (Å²) in [6.07, 6.45) is 4.74. The molecule has 5 rings (SSSR count). The predicted molar refractivity (Wildman–Crippen MR) is 143 cm³/mol. The number of nitrogen functional groups attached to an aromatic ring is 1. The Hall–Kier alpha value is -2.31. The fraction of sp³-hybridized carbons (Fsp3) is 0.417. The van der Waals surface area contributed by atoms with Gasteiger partial charge in [-0.3, -0.25) is 0 Å². The molecule has 3 N–H and O–H groups in total. The second-order valence-corrected chi connectivity index (χ2v) is 13.3. The molecule has 190 valence electrons. The van der Waals surface area contributed by atoms with E-state index in [9.17, 15) is 4.55 Å². The maximum absolute atomic E-state index is 13.0. The molecule has 0 aliphatic carbocycles. The Morgan fingerprint density at radius 1 is 1.19 bits per heavy atom. The number of hydrogen-bond donors (Lipinski definition) is 2. The Morgan fingerprint density at radius 2 is 1.94 bits per heavy atom. The highest BCUT2D eigenvalue weighted by atomic mass is 35.5. The van der Waals surface area contributed by atoms with Crippen LogP contribution in [-0.2, 0) is 11.4 Å². The number of halogens is 1. The number of nitrogens with zero attached hydrogens (tertiary/aromatic N) is 5. The lowest BCUT2D eigenvalue weighted by atomic mass is 9.83. The number of fused-ring (bicyclic) bond motifs is 1. The van der Waals surface area contributed by atoms with Crippen LogP contribution in [0.3, 0.4) is 0 Å². The third-order valence-electron chi connectivity index (χ3n) is 6.37. The van der Waals surface area contributed by atoms with E-state index in [0.29, 0.717) is 29.1 Å². The van der Waals surface area contributed by atoms with Crippen molar-refractivity contribution in [3.8, 4) is 5.75 Å². The van der Waals surface area contributed by atoms with Crippen molar-refractivity contribution >= 4 is 46.5 Å². The summed E-state index contributed by atoms with van der Waals surface area (Å²) < 4.78 is 22.6. The topological polar surface area (TPSA) is 125 Å². The van der Waals surface area contributed by atoms with E-state index in [1.54, 1.807) is 18.5 Å². The fourth-order valence-electron chi connectivity index (χ4n) is 4.39. The molecular weight excluding hydrogens is 518 g/mol. The van der Waals surface area contributed by atoms with E-state index < -0.39 is 17.0 Å². The minimum Gasteiger partial charge on any atom is -0.598 e. The summed E-state index contributed by atoms with van der Waals surface area (Å²) in [4.78, 5) is 11.4. The van der Waals surface area contributed by atoms with Gasteiger partial charge in [0.25, 0.3) is 0 Å². The molecule has 36 heavy (non-hydrogen) atoms. The average molecular weight is 546 g/mol. The smallest absolute Gasteiger partial charge is 0.245 e. The lowest BCUT2D eigenvalue weighted by Crippen LogP contribution is -2.55. The number of nitrogens with two attached hydrogens (primary N) is 1. The van der Waals surface area contributed by atoms with Gasteiger partial charge in [0.05, 0.1) is 11.2 Å². The summed E-state index contributed by atoms with van der Waals surface area (Å²) in [5.41, 5.74) is 6.35. The van der Waals surface area contributed by atoms with Gasteiger partial charge in [0, 0.05) is 53.9 Å². The molecule has 1 fully saturated rings. The Kier molecular flexibility index (Phi) is 6.94. The number of aromatic nitrogens is 4. The number of pyridine rings is 1. The van der Waals surface area contributed by atoms with Crippen LogP contribution in [0.25, 0.3) is 0 Å². The third kappa shape index (κ3) is 4.95. The van der Waals surface area contributed by atoms with Gasteiger partial charge in [-0.05, 0) is 32.9 Å². The molecule has 9 nitrogen and oxygen atoms in total. The van der Waals surface area contributed by atoms with Crippen molar-refractivity contribution in [2.75, 3.05) is 23.7 Å². The van der Waals surface area contributed by atoms with Crippen molar-refractivity contribution in [2.24, 2.45) is 0 Å². The van der Waals surface area contributed by atoms with Crippen LogP contribution in [0.5, 0.6) is 5.75 Å². The molecule has 0 saturated carbocycles. The minimum atomic E-state index is -1.23. The Morgan fingerprint density at radius 3 is 2.64 bits per heavy atom. The molecule has 0 unspecified atom stereocenters. The number of piperidine rings is 1. The molecule has 4 heterocycles. The Balaban J connectivity index is 1.29. The van der Waals surface area contributed by atoms with Gasteiger partial charge in [-0.2, -0.15) is 0 Å². The number of anilines is 2. The molecule has 12 heteroatoms. The van der Waals surface area contributed by atoms with Crippen molar-refractivity contribution in [3.63, 3.8) is 0 Å². The van der Waals surface area contributed by atoms with Gasteiger partial charge >= 0.3 is 0 Å². The van der Waals surface area contributed by atoms with Crippen LogP contribution in [0.15, 0.2) is 52.6 Å². The Labute approximate surface area is 222 Å². The van der Waals surface area contributed by atoms with Crippen LogP contribution in [-0.4, -0.2) is 48.2 Å². The van der Waals surface area contributed by atoms with E-state index in [2.05, 4.69) is 35.9 Å². The minimum absolute atomic E-state index is 0.161. The summed E-state index contributed by atoms with van der Waals surface area (Å²) in [6, 6.07) is 9.62. The quantitative estimate of drug-likeness (QED) is 0.451. The van der Waals surface area contributed by atoms with Crippen molar-refractivity contribution in [3.05, 3.63) is 53.3 Å². The maximum Gasteiger partial charge on any atom is 0.245 e. The standard InChI is InChI=1S/C24H28ClN7O2S2/c1-23(2,3)36(33)31-20-15-6-4-5-7-16(15)34-24(20)9-12-32(13-10-24)22-28-14-18(29-30-22)35-17-8-11-27-21(26)19(17)25/h4-8,11,14,20,31H,9-10,12-13H2,1-3H3,(H2,26,27)/t20-,36-/m1/s1. The van der Waals surface area contributed by atoms with Gasteiger partial charge in [-0.1, -0.05) is 41.6 Å². The van der Waals surface area contributed by atoms with Crippen LogP contribution in [0.2, 0.25) is 5.02 Å². The predicted octanol–water partition coefficient (Wildman–Crippen LogP) is 4.18. The van der Waals surface area contributed by atoms with E-state index in [1.165, 1.54) is 11.8 Å². The van der Waals surface area contributed by atoms with Crippen molar-refractivity contribution < 1.29 is 9.29 Å². The second-order valence-electron chi connectivity index (χ2n) is 9.83. The molecule has 0 radical (unpaired) electrons. The molecule has 0 amide bonds. The first-order chi connectivity index (χ1) is 17.2. The number of para-hydroxylation sites is 1. The molecule has 2 aliphatic heterocycles. The van der Waals surface area contributed by atoms with Gasteiger partial charge in [0.15, 0.2) is 0 Å². The van der Waals surface area contributed by atoms with E-state index >= 15 is 0 Å². The van der Waals surface area contributed by atoms with Gasteiger partial charge in [-0.15, -0.1) is 14.9 Å². The van der Waals surface area contributed by atoms with E-state index in [0.717, 1.165) is 29.1 Å². The zero-order valence-electron chi connectivity index (χ0n) is 20.3. The Bertz CT molecular complexity index is 1230. The van der Waals surface area contributed by atoms with Gasteiger partial charge in [0.2, 0.25) is 5.95 Å². The van der Waals surface area contributed by atoms with Gasteiger partial charge in [0.1, 0.15) is 33.0 Å². The highest BCUT2D eigenvalue weighted by molar-refractivity contribution is 7.99. The third-order valence-corrected chi connectivity index (χ3v) is 9.39. The van der Waals surface area contributed by atoms with Crippen molar-refractivity contribution in [1.29, 1.82) is 0 Å². The first kappa shape index (κ1) is 25.3. The molecule has 3 aromatic rings. The fourth-order valence-corrected chi connectivity index (χ4v) is 6.26. The van der Waals surface area contributed by atoms with Crippen LogP contribution in [0.1, 0.15) is 45.2 Å². The summed E-state index contributed by atoms with van der Waals surface area (Å²) in [5, 5.41) is 9.69. The second kappa shape index (κ2) is 9.86. The van der Waals surface area contributed by atoms with Crippen molar-refractivity contribution in [2.45, 2.75) is 59.9 Å². The normalized spacial score (nSPS) is 19.7. The number of ether oxygens (including phenoxy) is 1. The van der Waals surface area contributed by atoms with Crippen LogP contribution in [0.4, 0.5) is 11.8 Å². The molecule has 1 aromatic carbocycles. The summed E-state index contributed by atoms with van der Waals surface area (Å²) in [7, 11) is 0. The van der Waals surface area contributed by atoms with Gasteiger partial charge in [-0.25, -0.2) is 9.97 Å². The highest BCUT2D eigenvalue weighted by Gasteiger charge is 2.53. The van der Waals surface area contributed by atoms with Crippen molar-refractivity contribution in [1.82, 2.24) is 24.9 Å². The molecular formula is C24H28ClN7O2S2. The number of rotatable bonds is 5. The average Bonchev–Trinajstić information content (AvgIpc) is 3.15. The van der Waals surface area contributed by atoms with Crippen LogP contribution in [0, 0.1) is 0 Å². The summed E-state index contributed by atoms with van der Waals surface area (Å²) >= 11 is 6.34.